The average molecular weight is 424 g/mol. The largest absolute Gasteiger partial charge is 0.493 e. The van der Waals surface area contributed by atoms with E-state index in [1.165, 1.54) is 5.56 Å². The predicted octanol–water partition coefficient (Wildman–Crippen LogP) is 3.80. The topological polar surface area (TPSA) is 61.8 Å². The Morgan fingerprint density at radius 3 is 2.55 bits per heavy atom. The summed E-state index contributed by atoms with van der Waals surface area (Å²) in [4.78, 5) is 11.4. The number of benzene rings is 1. The van der Waals surface area contributed by atoms with Crippen LogP contribution in [0.15, 0.2) is 47.5 Å². The lowest BCUT2D eigenvalue weighted by Crippen LogP contribution is -2.49. The van der Waals surface area contributed by atoms with Gasteiger partial charge in [-0.25, -0.2) is 4.98 Å². The van der Waals surface area contributed by atoms with E-state index in [-0.39, 0.29) is 0 Å². The molecule has 0 bridgehead atoms. The minimum Gasteiger partial charge on any atom is -0.493 e. The highest BCUT2D eigenvalue weighted by molar-refractivity contribution is 5.80. The SMILES string of the molecule is CN=C(NCCc1ccc(OCC(C)C)cc1)NC1CCN(c2cccc(C)n2)CC1. The Kier molecular flexibility index (Phi) is 8.56. The molecule has 6 nitrogen and oxygen atoms in total. The molecule has 0 unspecified atom stereocenters. The number of aryl methyl sites for hydroxylation is 1. The molecule has 2 aromatic rings. The molecule has 1 fully saturated rings. The monoisotopic (exact) mass is 423 g/mol. The Morgan fingerprint density at radius 2 is 1.90 bits per heavy atom. The van der Waals surface area contributed by atoms with E-state index < -0.39 is 0 Å². The van der Waals surface area contributed by atoms with E-state index in [0.717, 1.165) is 68.7 Å². The molecule has 0 amide bonds. The van der Waals surface area contributed by atoms with Gasteiger partial charge in [-0.3, -0.25) is 4.99 Å². The van der Waals surface area contributed by atoms with Crippen molar-refractivity contribution < 1.29 is 4.74 Å². The zero-order valence-corrected chi connectivity index (χ0v) is 19.4. The van der Waals surface area contributed by atoms with Crippen LogP contribution in [0.2, 0.25) is 0 Å². The van der Waals surface area contributed by atoms with Gasteiger partial charge in [-0.2, -0.15) is 0 Å². The smallest absolute Gasteiger partial charge is 0.191 e. The quantitative estimate of drug-likeness (QED) is 0.500. The average Bonchev–Trinajstić information content (AvgIpc) is 2.78. The number of piperidine rings is 1. The molecule has 1 aliphatic rings. The summed E-state index contributed by atoms with van der Waals surface area (Å²) in [7, 11) is 1.84. The van der Waals surface area contributed by atoms with Crippen LogP contribution in [0.1, 0.15) is 37.9 Å². The van der Waals surface area contributed by atoms with Gasteiger partial charge in [-0.1, -0.05) is 32.0 Å². The van der Waals surface area contributed by atoms with Gasteiger partial charge in [0, 0.05) is 38.4 Å². The predicted molar refractivity (Wildman–Crippen MR) is 129 cm³/mol. The Labute approximate surface area is 187 Å². The number of hydrogen-bond acceptors (Lipinski definition) is 4. The summed E-state index contributed by atoms with van der Waals surface area (Å²) in [6.07, 6.45) is 3.10. The number of aliphatic imine (C=N–C) groups is 1. The third kappa shape index (κ3) is 7.46. The second-order valence-corrected chi connectivity index (χ2v) is 8.64. The molecule has 2 heterocycles. The molecule has 0 saturated carbocycles. The van der Waals surface area contributed by atoms with Gasteiger partial charge in [0.2, 0.25) is 0 Å². The van der Waals surface area contributed by atoms with Crippen LogP contribution >= 0.6 is 0 Å². The van der Waals surface area contributed by atoms with Crippen molar-refractivity contribution in [2.24, 2.45) is 10.9 Å². The minimum atomic E-state index is 0.435. The summed E-state index contributed by atoms with van der Waals surface area (Å²) in [6.45, 7) is 9.98. The van der Waals surface area contributed by atoms with Crippen molar-refractivity contribution >= 4 is 11.8 Å². The van der Waals surface area contributed by atoms with Crippen LogP contribution in [0.4, 0.5) is 5.82 Å². The van der Waals surface area contributed by atoms with E-state index >= 15 is 0 Å². The normalized spacial score (nSPS) is 15.3. The van der Waals surface area contributed by atoms with Crippen molar-refractivity contribution in [1.29, 1.82) is 0 Å². The fourth-order valence-electron chi connectivity index (χ4n) is 3.69. The number of hydrogen-bond donors (Lipinski definition) is 2. The van der Waals surface area contributed by atoms with Crippen molar-refractivity contribution in [2.45, 2.75) is 46.1 Å². The highest BCUT2D eigenvalue weighted by atomic mass is 16.5. The van der Waals surface area contributed by atoms with Crippen LogP contribution in [-0.2, 0) is 6.42 Å². The first-order chi connectivity index (χ1) is 15.0. The summed E-state index contributed by atoms with van der Waals surface area (Å²) >= 11 is 0. The first kappa shape index (κ1) is 22.9. The number of nitrogens with one attached hydrogen (secondary N) is 2. The Morgan fingerprint density at radius 1 is 1.16 bits per heavy atom. The molecule has 0 aliphatic carbocycles. The van der Waals surface area contributed by atoms with Gasteiger partial charge in [0.05, 0.1) is 6.61 Å². The van der Waals surface area contributed by atoms with Crippen molar-refractivity contribution in [1.82, 2.24) is 15.6 Å². The number of ether oxygens (including phenoxy) is 1. The molecule has 3 rings (SSSR count). The molecule has 0 radical (unpaired) electrons. The highest BCUT2D eigenvalue weighted by Gasteiger charge is 2.20. The number of anilines is 1. The molecule has 6 heteroatoms. The van der Waals surface area contributed by atoms with Crippen molar-refractivity contribution in [3.05, 3.63) is 53.7 Å². The highest BCUT2D eigenvalue weighted by Crippen LogP contribution is 2.18. The maximum Gasteiger partial charge on any atom is 0.191 e. The first-order valence-electron chi connectivity index (χ1n) is 11.4. The molecular weight excluding hydrogens is 386 g/mol. The zero-order chi connectivity index (χ0) is 22.1. The molecule has 2 N–H and O–H groups in total. The summed E-state index contributed by atoms with van der Waals surface area (Å²) < 4.78 is 5.76. The second kappa shape index (κ2) is 11.6. The van der Waals surface area contributed by atoms with E-state index in [9.17, 15) is 0 Å². The van der Waals surface area contributed by atoms with Gasteiger partial charge in [-0.15, -0.1) is 0 Å². The third-order valence-corrected chi connectivity index (χ3v) is 5.47. The van der Waals surface area contributed by atoms with E-state index in [0.29, 0.717) is 12.0 Å². The Hall–Kier alpha value is -2.76. The van der Waals surface area contributed by atoms with Gasteiger partial charge >= 0.3 is 0 Å². The lowest BCUT2D eigenvalue weighted by molar-refractivity contribution is 0.271. The molecule has 1 aliphatic heterocycles. The van der Waals surface area contributed by atoms with E-state index in [1.54, 1.807) is 0 Å². The van der Waals surface area contributed by atoms with E-state index in [1.807, 2.05) is 20.0 Å². The van der Waals surface area contributed by atoms with Gasteiger partial charge in [0.25, 0.3) is 0 Å². The standard InChI is InChI=1S/C25H37N5O/c1-19(2)18-31-23-10-8-21(9-11-23)12-15-27-25(26-4)29-22-13-16-30(17-14-22)24-7-5-6-20(3)28-24/h5-11,19,22H,12-18H2,1-4H3,(H2,26,27,29). The number of guanidine groups is 1. The number of nitrogens with zero attached hydrogens (tertiary/aromatic N) is 3. The van der Waals surface area contributed by atoms with Gasteiger partial charge in [0.15, 0.2) is 5.96 Å². The Bertz CT molecular complexity index is 826. The first-order valence-corrected chi connectivity index (χ1v) is 11.4. The third-order valence-electron chi connectivity index (χ3n) is 5.47. The van der Waals surface area contributed by atoms with Crippen LogP contribution in [0.3, 0.4) is 0 Å². The zero-order valence-electron chi connectivity index (χ0n) is 19.4. The lowest BCUT2D eigenvalue weighted by Gasteiger charge is -2.34. The molecule has 0 atom stereocenters. The number of pyridine rings is 1. The molecular formula is C25H37N5O. The van der Waals surface area contributed by atoms with Crippen LogP contribution in [0, 0.1) is 12.8 Å². The van der Waals surface area contributed by atoms with Crippen molar-refractivity contribution in [2.75, 3.05) is 38.2 Å². The molecule has 168 valence electrons. The van der Waals surface area contributed by atoms with Gasteiger partial charge < -0.3 is 20.3 Å². The van der Waals surface area contributed by atoms with Crippen molar-refractivity contribution in [3.63, 3.8) is 0 Å². The van der Waals surface area contributed by atoms with Crippen LogP contribution < -0.4 is 20.3 Å². The van der Waals surface area contributed by atoms with E-state index in [4.69, 9.17) is 4.74 Å². The summed E-state index contributed by atoms with van der Waals surface area (Å²) in [5.74, 6) is 3.44. The summed E-state index contributed by atoms with van der Waals surface area (Å²) in [5.41, 5.74) is 2.36. The van der Waals surface area contributed by atoms with E-state index in [2.05, 4.69) is 75.8 Å². The maximum atomic E-state index is 5.76. The molecule has 1 saturated heterocycles. The number of aromatic nitrogens is 1. The maximum absolute atomic E-state index is 5.76. The van der Waals surface area contributed by atoms with Crippen LogP contribution in [-0.4, -0.2) is 50.3 Å². The summed E-state index contributed by atoms with van der Waals surface area (Å²) in [5, 5.41) is 7.04. The fraction of sp³-hybridized carbons (Fsp3) is 0.520. The Balaban J connectivity index is 1.38. The fourth-order valence-corrected chi connectivity index (χ4v) is 3.69. The van der Waals surface area contributed by atoms with Crippen molar-refractivity contribution in [3.8, 4) is 5.75 Å². The second-order valence-electron chi connectivity index (χ2n) is 8.64. The molecule has 1 aromatic carbocycles. The van der Waals surface area contributed by atoms with Crippen LogP contribution in [0.5, 0.6) is 5.75 Å². The minimum absolute atomic E-state index is 0.435. The number of rotatable bonds is 8. The molecule has 0 spiro atoms. The van der Waals surface area contributed by atoms with Crippen LogP contribution in [0.25, 0.3) is 0 Å². The van der Waals surface area contributed by atoms with Gasteiger partial charge in [-0.05, 0) is 61.9 Å². The lowest BCUT2D eigenvalue weighted by atomic mass is 10.1. The molecule has 1 aromatic heterocycles. The van der Waals surface area contributed by atoms with Gasteiger partial charge in [0.1, 0.15) is 11.6 Å². The summed E-state index contributed by atoms with van der Waals surface area (Å²) in [6, 6.07) is 15.1. The molecule has 31 heavy (non-hydrogen) atoms.